The number of likely N-dealkylation sites (N-methyl/N-ethyl adjacent to an activating group) is 1. The molecule has 0 aliphatic carbocycles. The van der Waals surface area contributed by atoms with Gasteiger partial charge in [-0.15, -0.1) is 11.3 Å². The van der Waals surface area contributed by atoms with Crippen LogP contribution in [0.1, 0.15) is 16.5 Å². The van der Waals surface area contributed by atoms with Crippen molar-refractivity contribution in [3.8, 4) is 5.75 Å². The fourth-order valence-corrected chi connectivity index (χ4v) is 2.47. The van der Waals surface area contributed by atoms with E-state index >= 15 is 0 Å². The molecule has 1 unspecified atom stereocenters. The Hall–Kier alpha value is -1.46. The average molecular weight is 266 g/mol. The molecule has 1 atom stereocenters. The zero-order chi connectivity index (χ0) is 13.0. The molecular formula is C13H15FN2OS. The van der Waals surface area contributed by atoms with Crippen LogP contribution in [0.3, 0.4) is 0 Å². The van der Waals surface area contributed by atoms with Crippen molar-refractivity contribution in [2.75, 3.05) is 14.2 Å². The lowest BCUT2D eigenvalue weighted by Crippen LogP contribution is -2.18. The summed E-state index contributed by atoms with van der Waals surface area (Å²) in [5, 5.41) is 3.23. The van der Waals surface area contributed by atoms with Crippen molar-refractivity contribution in [2.24, 2.45) is 0 Å². The monoisotopic (exact) mass is 266 g/mol. The van der Waals surface area contributed by atoms with Gasteiger partial charge in [0, 0.05) is 23.5 Å². The highest BCUT2D eigenvalue weighted by molar-refractivity contribution is 7.09. The third-order valence-electron chi connectivity index (χ3n) is 2.81. The smallest absolute Gasteiger partial charge is 0.165 e. The van der Waals surface area contributed by atoms with Crippen molar-refractivity contribution < 1.29 is 9.13 Å². The van der Waals surface area contributed by atoms with Gasteiger partial charge in [-0.25, -0.2) is 4.39 Å². The summed E-state index contributed by atoms with van der Waals surface area (Å²) >= 11 is 1.62. The van der Waals surface area contributed by atoms with Gasteiger partial charge in [0.2, 0.25) is 0 Å². The highest BCUT2D eigenvalue weighted by Gasteiger charge is 2.13. The molecule has 0 saturated heterocycles. The van der Waals surface area contributed by atoms with Gasteiger partial charge in [-0.3, -0.25) is 4.98 Å². The van der Waals surface area contributed by atoms with Gasteiger partial charge in [-0.05, 0) is 24.7 Å². The maximum Gasteiger partial charge on any atom is 0.165 e. The van der Waals surface area contributed by atoms with E-state index in [1.807, 2.05) is 18.8 Å². The van der Waals surface area contributed by atoms with Crippen LogP contribution in [-0.4, -0.2) is 19.1 Å². The highest BCUT2D eigenvalue weighted by atomic mass is 32.1. The Bertz CT molecular complexity index is 502. The molecule has 0 aliphatic heterocycles. The fourth-order valence-electron chi connectivity index (χ4n) is 1.82. The number of ether oxygens (including phenoxy) is 1. The number of nitrogens with zero attached hydrogens (tertiary/aromatic N) is 1. The molecule has 0 spiro atoms. The molecule has 0 saturated carbocycles. The molecule has 2 rings (SSSR count). The van der Waals surface area contributed by atoms with E-state index in [1.54, 1.807) is 23.5 Å². The van der Waals surface area contributed by atoms with E-state index in [-0.39, 0.29) is 17.6 Å². The van der Waals surface area contributed by atoms with E-state index in [4.69, 9.17) is 4.74 Å². The number of benzene rings is 1. The van der Waals surface area contributed by atoms with Crippen LogP contribution in [0.5, 0.6) is 5.75 Å². The number of nitrogens with one attached hydrogen (secondary N) is 1. The Balaban J connectivity index is 2.21. The SMILES string of the molecule is CNC(Cc1cncs1)c1ccc(F)c(OC)c1. The lowest BCUT2D eigenvalue weighted by molar-refractivity contribution is 0.385. The second-order valence-corrected chi connectivity index (χ2v) is 4.88. The summed E-state index contributed by atoms with van der Waals surface area (Å²) in [6, 6.07) is 5.07. The van der Waals surface area contributed by atoms with Crippen molar-refractivity contribution in [3.05, 3.63) is 46.2 Å². The van der Waals surface area contributed by atoms with Crippen molar-refractivity contribution >= 4 is 11.3 Å². The average Bonchev–Trinajstić information content (AvgIpc) is 2.89. The van der Waals surface area contributed by atoms with E-state index in [2.05, 4.69) is 10.3 Å². The minimum absolute atomic E-state index is 0.125. The summed E-state index contributed by atoms with van der Waals surface area (Å²) in [4.78, 5) is 5.25. The Morgan fingerprint density at radius 3 is 2.94 bits per heavy atom. The maximum atomic E-state index is 13.4. The van der Waals surface area contributed by atoms with Crippen LogP contribution in [0.2, 0.25) is 0 Å². The third kappa shape index (κ3) is 2.86. The summed E-state index contributed by atoms with van der Waals surface area (Å²) < 4.78 is 18.4. The van der Waals surface area contributed by atoms with Crippen molar-refractivity contribution in [1.82, 2.24) is 10.3 Å². The molecule has 1 heterocycles. The van der Waals surface area contributed by atoms with Crippen molar-refractivity contribution in [1.29, 1.82) is 0 Å². The van der Waals surface area contributed by atoms with Gasteiger partial charge in [0.15, 0.2) is 11.6 Å². The van der Waals surface area contributed by atoms with E-state index in [0.29, 0.717) is 0 Å². The van der Waals surface area contributed by atoms with Gasteiger partial charge < -0.3 is 10.1 Å². The molecule has 0 amide bonds. The van der Waals surface area contributed by atoms with Gasteiger partial charge in [0.05, 0.1) is 12.6 Å². The largest absolute Gasteiger partial charge is 0.494 e. The number of halogens is 1. The second kappa shape index (κ2) is 5.93. The molecule has 1 N–H and O–H groups in total. The molecule has 0 aliphatic rings. The van der Waals surface area contributed by atoms with Gasteiger partial charge in [-0.1, -0.05) is 6.07 Å². The molecule has 5 heteroatoms. The van der Waals surface area contributed by atoms with Gasteiger partial charge in [0.1, 0.15) is 0 Å². The van der Waals surface area contributed by atoms with E-state index in [9.17, 15) is 4.39 Å². The number of hydrogen-bond donors (Lipinski definition) is 1. The van der Waals surface area contributed by atoms with Crippen LogP contribution >= 0.6 is 11.3 Å². The normalized spacial score (nSPS) is 12.4. The van der Waals surface area contributed by atoms with Crippen LogP contribution in [-0.2, 0) is 6.42 Å². The van der Waals surface area contributed by atoms with Gasteiger partial charge in [0.25, 0.3) is 0 Å². The predicted octanol–water partition coefficient (Wildman–Crippen LogP) is 2.79. The molecule has 1 aromatic carbocycles. The number of hydrogen-bond acceptors (Lipinski definition) is 4. The Kier molecular flexibility index (Phi) is 4.28. The number of rotatable bonds is 5. The first-order chi connectivity index (χ1) is 8.74. The lowest BCUT2D eigenvalue weighted by atomic mass is 10.0. The Labute approximate surface area is 110 Å². The molecule has 0 radical (unpaired) electrons. The minimum Gasteiger partial charge on any atom is -0.494 e. The van der Waals surface area contributed by atoms with Crippen LogP contribution < -0.4 is 10.1 Å². The molecule has 18 heavy (non-hydrogen) atoms. The maximum absolute atomic E-state index is 13.4. The summed E-state index contributed by atoms with van der Waals surface area (Å²) in [5.74, 6) is -0.0639. The van der Waals surface area contributed by atoms with E-state index in [0.717, 1.165) is 12.0 Å². The predicted molar refractivity (Wildman–Crippen MR) is 70.6 cm³/mol. The first-order valence-corrected chi connectivity index (χ1v) is 6.50. The molecule has 3 nitrogen and oxygen atoms in total. The van der Waals surface area contributed by atoms with Crippen LogP contribution in [0.4, 0.5) is 4.39 Å². The molecule has 0 bridgehead atoms. The first-order valence-electron chi connectivity index (χ1n) is 5.62. The fraction of sp³-hybridized carbons (Fsp3) is 0.308. The molecule has 2 aromatic rings. The molecule has 96 valence electrons. The second-order valence-electron chi connectivity index (χ2n) is 3.91. The van der Waals surface area contributed by atoms with Crippen LogP contribution in [0, 0.1) is 5.82 Å². The third-order valence-corrected chi connectivity index (χ3v) is 3.62. The number of methoxy groups -OCH3 is 1. The topological polar surface area (TPSA) is 34.2 Å². The quantitative estimate of drug-likeness (QED) is 0.903. The molecular weight excluding hydrogens is 251 g/mol. The Morgan fingerprint density at radius 2 is 2.33 bits per heavy atom. The molecule has 0 fully saturated rings. The van der Waals surface area contributed by atoms with Gasteiger partial charge in [-0.2, -0.15) is 0 Å². The zero-order valence-electron chi connectivity index (χ0n) is 10.3. The highest BCUT2D eigenvalue weighted by Crippen LogP contribution is 2.25. The lowest BCUT2D eigenvalue weighted by Gasteiger charge is -2.16. The van der Waals surface area contributed by atoms with Gasteiger partial charge >= 0.3 is 0 Å². The van der Waals surface area contributed by atoms with Crippen molar-refractivity contribution in [2.45, 2.75) is 12.5 Å². The minimum atomic E-state index is -0.339. The molecule has 1 aromatic heterocycles. The van der Waals surface area contributed by atoms with E-state index < -0.39 is 0 Å². The van der Waals surface area contributed by atoms with E-state index in [1.165, 1.54) is 18.1 Å². The number of aromatic nitrogens is 1. The standard InChI is InChI=1S/C13H15FN2OS/c1-15-12(6-10-7-16-8-18-10)9-3-4-11(14)13(5-9)17-2/h3-5,7-8,12,15H,6H2,1-2H3. The van der Waals surface area contributed by atoms with Crippen LogP contribution in [0.25, 0.3) is 0 Å². The number of thiazole rings is 1. The summed E-state index contributed by atoms with van der Waals surface area (Å²) in [6.45, 7) is 0. The first kappa shape index (κ1) is 13.0. The summed E-state index contributed by atoms with van der Waals surface area (Å²) in [5.41, 5.74) is 2.82. The van der Waals surface area contributed by atoms with Crippen LogP contribution in [0.15, 0.2) is 29.9 Å². The Morgan fingerprint density at radius 1 is 1.50 bits per heavy atom. The summed E-state index contributed by atoms with van der Waals surface area (Å²) in [7, 11) is 3.36. The van der Waals surface area contributed by atoms with Crippen molar-refractivity contribution in [3.63, 3.8) is 0 Å². The zero-order valence-corrected chi connectivity index (χ0v) is 11.1. The summed E-state index contributed by atoms with van der Waals surface area (Å²) in [6.07, 6.45) is 2.69.